The van der Waals surface area contributed by atoms with E-state index in [0.717, 1.165) is 54.8 Å². The Morgan fingerprint density at radius 3 is 2.45 bits per heavy atom. The van der Waals surface area contributed by atoms with E-state index in [2.05, 4.69) is 37.6 Å². The summed E-state index contributed by atoms with van der Waals surface area (Å²) in [6, 6.07) is 16.9. The summed E-state index contributed by atoms with van der Waals surface area (Å²) >= 11 is 0. The van der Waals surface area contributed by atoms with Crippen LogP contribution < -0.4 is 19.7 Å². The second-order valence-electron chi connectivity index (χ2n) is 12.6. The van der Waals surface area contributed by atoms with Crippen molar-refractivity contribution in [2.24, 2.45) is 7.05 Å². The first-order valence-electron chi connectivity index (χ1n) is 16.7. The van der Waals surface area contributed by atoms with Crippen molar-refractivity contribution in [3.63, 3.8) is 0 Å². The lowest BCUT2D eigenvalue weighted by atomic mass is 9.96. The van der Waals surface area contributed by atoms with E-state index in [-0.39, 0.29) is 11.9 Å². The summed E-state index contributed by atoms with van der Waals surface area (Å²) in [5.74, 6) is 1.07. The molecule has 0 spiro atoms. The van der Waals surface area contributed by atoms with E-state index in [1.807, 2.05) is 52.1 Å². The molecule has 1 amide bonds. The minimum atomic E-state index is -0.443. The molecule has 6 rings (SSSR count). The SMILES string of the molecule is CCN(C(=O)c1cc(F)ccc1-c1cc(N2CCC(NCc3ccc(-c4cc(OC)c(OC)nn4)cc3)CC2)nc2c1cnn2C)C(C)C. The van der Waals surface area contributed by atoms with Crippen molar-refractivity contribution in [3.05, 3.63) is 77.7 Å². The van der Waals surface area contributed by atoms with Gasteiger partial charge in [0, 0.05) is 62.3 Å². The van der Waals surface area contributed by atoms with Crippen LogP contribution in [0.4, 0.5) is 10.2 Å². The number of fused-ring (bicyclic) bond motifs is 1. The van der Waals surface area contributed by atoms with Gasteiger partial charge in [0.25, 0.3) is 11.8 Å². The predicted octanol–water partition coefficient (Wildman–Crippen LogP) is 5.88. The number of carbonyl (C=O) groups is 1. The molecule has 2 aromatic carbocycles. The normalized spacial score (nSPS) is 13.7. The van der Waals surface area contributed by atoms with Gasteiger partial charge in [0.2, 0.25) is 0 Å². The molecule has 3 aromatic heterocycles. The molecular formula is C37H43FN8O3. The largest absolute Gasteiger partial charge is 0.491 e. The van der Waals surface area contributed by atoms with E-state index < -0.39 is 5.82 Å². The van der Waals surface area contributed by atoms with Gasteiger partial charge in [-0.1, -0.05) is 30.3 Å². The van der Waals surface area contributed by atoms with Gasteiger partial charge in [0.1, 0.15) is 11.6 Å². The first kappa shape index (κ1) is 33.8. The van der Waals surface area contributed by atoms with Gasteiger partial charge in [0.05, 0.1) is 31.7 Å². The number of ether oxygens (including phenoxy) is 2. The Bertz CT molecular complexity index is 1940. The van der Waals surface area contributed by atoms with E-state index in [0.29, 0.717) is 46.7 Å². The van der Waals surface area contributed by atoms with Gasteiger partial charge in [-0.2, -0.15) is 5.10 Å². The molecule has 12 heteroatoms. The van der Waals surface area contributed by atoms with Gasteiger partial charge in [-0.25, -0.2) is 9.37 Å². The van der Waals surface area contributed by atoms with Crippen LogP contribution in [0, 0.1) is 5.82 Å². The number of hydrogen-bond donors (Lipinski definition) is 1. The van der Waals surface area contributed by atoms with Gasteiger partial charge >= 0.3 is 0 Å². The van der Waals surface area contributed by atoms with Gasteiger partial charge < -0.3 is 24.6 Å². The third-order valence-corrected chi connectivity index (χ3v) is 9.22. The number of piperidine rings is 1. The summed E-state index contributed by atoms with van der Waals surface area (Å²) in [4.78, 5) is 22.7. The first-order chi connectivity index (χ1) is 23.7. The molecule has 1 N–H and O–H groups in total. The molecular weight excluding hydrogens is 623 g/mol. The number of hydrogen-bond acceptors (Lipinski definition) is 9. The molecule has 0 aliphatic carbocycles. The first-order valence-corrected chi connectivity index (χ1v) is 16.7. The second kappa shape index (κ2) is 14.6. The highest BCUT2D eigenvalue weighted by atomic mass is 19.1. The van der Waals surface area contributed by atoms with Crippen LogP contribution in [0.15, 0.2) is 60.8 Å². The number of nitrogens with zero attached hydrogens (tertiary/aromatic N) is 7. The zero-order chi connectivity index (χ0) is 34.7. The number of nitrogens with one attached hydrogen (secondary N) is 1. The summed E-state index contributed by atoms with van der Waals surface area (Å²) in [5, 5.41) is 17.4. The number of anilines is 1. The molecule has 49 heavy (non-hydrogen) atoms. The van der Waals surface area contributed by atoms with Crippen molar-refractivity contribution >= 4 is 22.8 Å². The maximum atomic E-state index is 14.6. The number of aromatic nitrogens is 5. The molecule has 4 heterocycles. The molecule has 1 fully saturated rings. The molecule has 1 aliphatic heterocycles. The summed E-state index contributed by atoms with van der Waals surface area (Å²) in [6.45, 7) is 8.78. The van der Waals surface area contributed by atoms with E-state index in [4.69, 9.17) is 14.5 Å². The summed E-state index contributed by atoms with van der Waals surface area (Å²) in [5.41, 5.74) is 5.39. The Balaban J connectivity index is 1.16. The zero-order valence-corrected chi connectivity index (χ0v) is 28.9. The van der Waals surface area contributed by atoms with Crippen molar-refractivity contribution in [2.45, 2.75) is 52.2 Å². The maximum Gasteiger partial charge on any atom is 0.276 e. The highest BCUT2D eigenvalue weighted by Gasteiger charge is 2.26. The molecule has 0 unspecified atom stereocenters. The highest BCUT2D eigenvalue weighted by molar-refractivity contribution is 6.05. The van der Waals surface area contributed by atoms with Gasteiger partial charge in [-0.05, 0) is 68.5 Å². The number of carbonyl (C=O) groups excluding carboxylic acids is 1. The number of pyridine rings is 1. The Kier molecular flexibility index (Phi) is 10.0. The fourth-order valence-electron chi connectivity index (χ4n) is 6.47. The fraction of sp³-hybridized carbons (Fsp3) is 0.378. The number of amides is 1. The van der Waals surface area contributed by atoms with Crippen LogP contribution in [0.3, 0.4) is 0 Å². The number of aryl methyl sites for hydroxylation is 1. The van der Waals surface area contributed by atoms with Crippen LogP contribution >= 0.6 is 0 Å². The highest BCUT2D eigenvalue weighted by Crippen LogP contribution is 2.35. The number of rotatable bonds is 11. The van der Waals surface area contributed by atoms with Crippen molar-refractivity contribution < 1.29 is 18.7 Å². The van der Waals surface area contributed by atoms with Crippen molar-refractivity contribution in [1.29, 1.82) is 0 Å². The Morgan fingerprint density at radius 2 is 1.78 bits per heavy atom. The van der Waals surface area contributed by atoms with E-state index in [1.54, 1.807) is 29.0 Å². The quantitative estimate of drug-likeness (QED) is 0.185. The maximum absolute atomic E-state index is 14.6. The van der Waals surface area contributed by atoms with Gasteiger partial charge in [0.15, 0.2) is 11.4 Å². The average Bonchev–Trinajstić information content (AvgIpc) is 3.50. The van der Waals surface area contributed by atoms with Crippen LogP contribution in [0.25, 0.3) is 33.4 Å². The van der Waals surface area contributed by atoms with E-state index >= 15 is 0 Å². The Labute approximate surface area is 286 Å². The van der Waals surface area contributed by atoms with Gasteiger partial charge in [-0.3, -0.25) is 9.48 Å². The molecule has 1 aliphatic rings. The van der Waals surface area contributed by atoms with Crippen LogP contribution in [-0.4, -0.2) is 81.7 Å². The lowest BCUT2D eigenvalue weighted by Crippen LogP contribution is -2.42. The Hall–Kier alpha value is -5.10. The topological polar surface area (TPSA) is 111 Å². The van der Waals surface area contributed by atoms with Crippen LogP contribution in [0.1, 0.15) is 49.5 Å². The number of methoxy groups -OCH3 is 2. The standard InChI is InChI=1S/C37H43FN8O3/c1-7-46(23(2)3)37(47)30-18-26(38)12-13-28(30)29-19-34(41-35-31(29)22-40-44(35)4)45-16-14-27(15-17-45)39-21-24-8-10-25(11-9-24)32-20-33(48-5)36(49-6)43-42-32/h8-13,18-20,22-23,27,39H,7,14-17,21H2,1-6H3. The molecule has 0 radical (unpaired) electrons. The van der Waals surface area contributed by atoms with Crippen molar-refractivity contribution in [3.8, 4) is 34.0 Å². The van der Waals surface area contributed by atoms with E-state index in [1.165, 1.54) is 24.8 Å². The van der Waals surface area contributed by atoms with E-state index in [9.17, 15) is 9.18 Å². The summed E-state index contributed by atoms with van der Waals surface area (Å²) in [6.07, 6.45) is 3.66. The zero-order valence-electron chi connectivity index (χ0n) is 28.9. The summed E-state index contributed by atoms with van der Waals surface area (Å²) in [7, 11) is 4.98. The minimum Gasteiger partial charge on any atom is -0.491 e. The monoisotopic (exact) mass is 666 g/mol. The van der Waals surface area contributed by atoms with Crippen LogP contribution in [0.2, 0.25) is 0 Å². The third kappa shape index (κ3) is 7.05. The lowest BCUT2D eigenvalue weighted by Gasteiger charge is -2.33. The molecule has 0 saturated carbocycles. The molecule has 0 atom stereocenters. The number of halogens is 1. The van der Waals surface area contributed by atoms with Crippen molar-refractivity contribution in [1.82, 2.24) is 35.2 Å². The second-order valence-corrected chi connectivity index (χ2v) is 12.6. The molecule has 11 nitrogen and oxygen atoms in total. The summed E-state index contributed by atoms with van der Waals surface area (Å²) < 4.78 is 26.9. The molecule has 0 bridgehead atoms. The Morgan fingerprint density at radius 1 is 1.02 bits per heavy atom. The smallest absolute Gasteiger partial charge is 0.276 e. The van der Waals surface area contributed by atoms with Crippen LogP contribution in [0.5, 0.6) is 11.6 Å². The fourth-order valence-corrected chi connectivity index (χ4v) is 6.47. The predicted molar refractivity (Wildman–Crippen MR) is 188 cm³/mol. The van der Waals surface area contributed by atoms with Gasteiger partial charge in [-0.15, -0.1) is 10.2 Å². The number of benzene rings is 2. The van der Waals surface area contributed by atoms with Crippen LogP contribution in [-0.2, 0) is 13.6 Å². The minimum absolute atomic E-state index is 0.0203. The molecule has 5 aromatic rings. The lowest BCUT2D eigenvalue weighted by molar-refractivity contribution is 0.0717. The van der Waals surface area contributed by atoms with Crippen molar-refractivity contribution in [2.75, 3.05) is 38.8 Å². The molecule has 256 valence electrons. The molecule has 1 saturated heterocycles. The average molecular weight is 667 g/mol. The third-order valence-electron chi connectivity index (χ3n) is 9.22.